The van der Waals surface area contributed by atoms with Gasteiger partial charge in [-0.25, -0.2) is 13.6 Å². The number of nitrogens with two attached hydrogens (primary N) is 1. The number of hydrogen-bond donors (Lipinski definition) is 2. The quantitative estimate of drug-likeness (QED) is 0.286. The molecule has 1 heterocycles. The van der Waals surface area contributed by atoms with E-state index >= 15 is 0 Å². The highest BCUT2D eigenvalue weighted by Crippen LogP contribution is 2.25. The van der Waals surface area contributed by atoms with Crippen molar-refractivity contribution in [2.75, 3.05) is 6.54 Å². The molecular weight excluding hydrogens is 504 g/mol. The van der Waals surface area contributed by atoms with Crippen LogP contribution in [0.2, 0.25) is 0 Å². The summed E-state index contributed by atoms with van der Waals surface area (Å²) in [6, 6.07) is 15.4. The first-order valence-corrected chi connectivity index (χ1v) is 12.8. The lowest BCUT2D eigenvalue weighted by Crippen LogP contribution is -2.50. The molecule has 1 aliphatic rings. The minimum atomic E-state index is -1.21. The highest BCUT2D eigenvalue weighted by atomic mass is 19.1. The summed E-state index contributed by atoms with van der Waals surface area (Å²) >= 11 is 0. The van der Waals surface area contributed by atoms with E-state index in [1.807, 2.05) is 18.2 Å². The number of nitrogens with zero attached hydrogens (tertiary/aromatic N) is 1. The maximum atomic E-state index is 13.8. The first kappa shape index (κ1) is 28.1. The second kappa shape index (κ2) is 12.3. The van der Waals surface area contributed by atoms with Crippen molar-refractivity contribution in [2.24, 2.45) is 5.73 Å². The predicted molar refractivity (Wildman–Crippen MR) is 142 cm³/mol. The highest BCUT2D eigenvalue weighted by Gasteiger charge is 2.42. The molecule has 3 aromatic carbocycles. The van der Waals surface area contributed by atoms with Crippen molar-refractivity contribution in [1.29, 1.82) is 0 Å². The third-order valence-corrected chi connectivity index (χ3v) is 6.77. The van der Waals surface area contributed by atoms with Crippen molar-refractivity contribution in [3.05, 3.63) is 106 Å². The molecule has 9 heteroatoms. The zero-order chi connectivity index (χ0) is 28.1. The Morgan fingerprint density at radius 2 is 1.54 bits per heavy atom. The summed E-state index contributed by atoms with van der Waals surface area (Å²) in [6.45, 7) is 4.08. The third kappa shape index (κ3) is 6.55. The van der Waals surface area contributed by atoms with E-state index in [2.05, 4.69) is 18.3 Å². The molecular formula is C30H31F2N3O4. The number of carbonyl (C=O) groups excluding carboxylic acids is 3. The predicted octanol–water partition coefficient (Wildman–Crippen LogP) is 3.78. The van der Waals surface area contributed by atoms with Crippen molar-refractivity contribution >= 4 is 17.8 Å². The summed E-state index contributed by atoms with van der Waals surface area (Å²) in [5.74, 6) is -3.45. The second-order valence-electron chi connectivity index (χ2n) is 9.63. The van der Waals surface area contributed by atoms with Crippen LogP contribution < -0.4 is 11.1 Å². The lowest BCUT2D eigenvalue weighted by molar-refractivity contribution is -0.154. The molecule has 0 radical (unpaired) electrons. The Bertz CT molecular complexity index is 1320. The molecule has 0 spiro atoms. The molecule has 3 aromatic rings. The van der Waals surface area contributed by atoms with Gasteiger partial charge in [-0.15, -0.1) is 0 Å². The number of nitrogens with one attached hydrogen (secondary N) is 1. The van der Waals surface area contributed by atoms with Crippen LogP contribution in [0.1, 0.15) is 51.3 Å². The number of amides is 2. The van der Waals surface area contributed by atoms with Crippen molar-refractivity contribution in [3.63, 3.8) is 0 Å². The summed E-state index contributed by atoms with van der Waals surface area (Å²) < 4.78 is 33.3. The van der Waals surface area contributed by atoms with Gasteiger partial charge in [-0.2, -0.15) is 0 Å². The molecule has 2 unspecified atom stereocenters. The van der Waals surface area contributed by atoms with Gasteiger partial charge >= 0.3 is 5.97 Å². The first-order valence-electron chi connectivity index (χ1n) is 12.8. The SMILES string of the molecule is CCc1cccc(CNCC(OC(=O)[C@H](C)N2C(=O)c3ccccc3C2=O)C(N)Cc2cc(F)cc(F)c2)c1. The van der Waals surface area contributed by atoms with Gasteiger partial charge in [-0.05, 0) is 60.7 Å². The summed E-state index contributed by atoms with van der Waals surface area (Å²) in [5, 5.41) is 3.24. The van der Waals surface area contributed by atoms with E-state index in [1.54, 1.807) is 12.1 Å². The molecule has 4 rings (SSSR count). The third-order valence-electron chi connectivity index (χ3n) is 6.77. The Balaban J connectivity index is 1.48. The Kier molecular flexibility index (Phi) is 8.83. The molecule has 7 nitrogen and oxygen atoms in total. The van der Waals surface area contributed by atoms with Gasteiger partial charge in [0, 0.05) is 25.2 Å². The van der Waals surface area contributed by atoms with E-state index in [9.17, 15) is 23.2 Å². The van der Waals surface area contributed by atoms with Crippen LogP contribution in [0.25, 0.3) is 0 Å². The lowest BCUT2D eigenvalue weighted by atomic mass is 10.0. The molecule has 0 saturated heterocycles. The molecule has 2 amide bonds. The first-order chi connectivity index (χ1) is 18.7. The van der Waals surface area contributed by atoms with E-state index in [4.69, 9.17) is 10.5 Å². The maximum Gasteiger partial charge on any atom is 0.329 e. The van der Waals surface area contributed by atoms with Crippen LogP contribution >= 0.6 is 0 Å². The minimum absolute atomic E-state index is 0.0288. The number of imide groups is 1. The number of aryl methyl sites for hydroxylation is 1. The number of benzene rings is 3. The van der Waals surface area contributed by atoms with Crippen LogP contribution in [0.15, 0.2) is 66.7 Å². The fraction of sp³-hybridized carbons (Fsp3) is 0.300. The van der Waals surface area contributed by atoms with Crippen LogP contribution in [0.5, 0.6) is 0 Å². The molecule has 204 valence electrons. The van der Waals surface area contributed by atoms with Gasteiger partial charge in [0.2, 0.25) is 0 Å². The van der Waals surface area contributed by atoms with Crippen molar-refractivity contribution in [3.8, 4) is 0 Å². The number of ether oxygens (including phenoxy) is 1. The average Bonchev–Trinajstić information content (AvgIpc) is 3.16. The summed E-state index contributed by atoms with van der Waals surface area (Å²) in [6.07, 6.45) is -0.00400. The summed E-state index contributed by atoms with van der Waals surface area (Å²) in [7, 11) is 0. The van der Waals surface area contributed by atoms with E-state index in [0.29, 0.717) is 12.1 Å². The van der Waals surface area contributed by atoms with Crippen molar-refractivity contribution < 1.29 is 27.9 Å². The smallest absolute Gasteiger partial charge is 0.329 e. The largest absolute Gasteiger partial charge is 0.458 e. The Morgan fingerprint density at radius 1 is 0.923 bits per heavy atom. The second-order valence-corrected chi connectivity index (χ2v) is 9.63. The monoisotopic (exact) mass is 535 g/mol. The van der Waals surface area contributed by atoms with Gasteiger partial charge in [-0.3, -0.25) is 14.5 Å². The summed E-state index contributed by atoms with van der Waals surface area (Å²) in [4.78, 5) is 39.8. The molecule has 0 saturated carbocycles. The number of halogens is 2. The van der Waals surface area contributed by atoms with Crippen molar-refractivity contribution in [2.45, 2.75) is 51.4 Å². The van der Waals surface area contributed by atoms with Gasteiger partial charge in [0.15, 0.2) is 0 Å². The van der Waals surface area contributed by atoms with E-state index < -0.39 is 47.6 Å². The average molecular weight is 536 g/mol. The minimum Gasteiger partial charge on any atom is -0.458 e. The fourth-order valence-corrected chi connectivity index (χ4v) is 4.64. The van der Waals surface area contributed by atoms with Crippen LogP contribution in [-0.2, 0) is 28.9 Å². The number of hydrogen-bond acceptors (Lipinski definition) is 6. The molecule has 0 bridgehead atoms. The lowest BCUT2D eigenvalue weighted by Gasteiger charge is -2.28. The highest BCUT2D eigenvalue weighted by molar-refractivity contribution is 6.22. The number of esters is 1. The molecule has 3 atom stereocenters. The Hall–Kier alpha value is -3.95. The standard InChI is InChI=1S/C30H31F2N3O4/c1-3-19-7-6-8-20(11-19)16-34-17-27(26(33)14-21-12-22(31)15-23(32)13-21)39-30(38)18(2)35-28(36)24-9-4-5-10-25(24)29(35)37/h4-13,15,18,26-27,34H,3,14,16-17,33H2,1-2H3/t18-,26?,27?/m0/s1. The Morgan fingerprint density at radius 3 is 2.15 bits per heavy atom. The zero-order valence-electron chi connectivity index (χ0n) is 21.8. The van der Waals surface area contributed by atoms with Gasteiger partial charge in [-0.1, -0.05) is 43.3 Å². The van der Waals surface area contributed by atoms with Crippen LogP contribution in [0, 0.1) is 11.6 Å². The maximum absolute atomic E-state index is 13.8. The molecule has 3 N–H and O–H groups in total. The van der Waals surface area contributed by atoms with Crippen molar-refractivity contribution in [1.82, 2.24) is 10.2 Å². The van der Waals surface area contributed by atoms with Gasteiger partial charge < -0.3 is 15.8 Å². The van der Waals surface area contributed by atoms with Crippen LogP contribution in [-0.4, -0.2) is 47.4 Å². The van der Waals surface area contributed by atoms with Crippen LogP contribution in [0.3, 0.4) is 0 Å². The van der Waals surface area contributed by atoms with E-state index in [-0.39, 0.29) is 24.1 Å². The van der Waals surface area contributed by atoms with Crippen LogP contribution in [0.4, 0.5) is 8.78 Å². The molecule has 0 aliphatic carbocycles. The topological polar surface area (TPSA) is 102 Å². The summed E-state index contributed by atoms with van der Waals surface area (Å²) in [5.41, 5.74) is 9.35. The zero-order valence-corrected chi connectivity index (χ0v) is 21.8. The number of rotatable bonds is 11. The van der Waals surface area contributed by atoms with Gasteiger partial charge in [0.1, 0.15) is 23.8 Å². The normalized spacial score (nSPS) is 15.2. The molecule has 0 aromatic heterocycles. The van der Waals surface area contributed by atoms with E-state index in [1.165, 1.54) is 36.8 Å². The number of fused-ring (bicyclic) bond motifs is 1. The number of carbonyl (C=O) groups is 3. The molecule has 39 heavy (non-hydrogen) atoms. The molecule has 1 aliphatic heterocycles. The molecule has 0 fully saturated rings. The van der Waals surface area contributed by atoms with Gasteiger partial charge in [0.25, 0.3) is 11.8 Å². The van der Waals surface area contributed by atoms with E-state index in [0.717, 1.165) is 23.0 Å². The van der Waals surface area contributed by atoms with Gasteiger partial charge in [0.05, 0.1) is 11.1 Å². The Labute approximate surface area is 225 Å². The fourth-order valence-electron chi connectivity index (χ4n) is 4.64.